The quantitative estimate of drug-likeness (QED) is 0.580. The van der Waals surface area contributed by atoms with Crippen LogP contribution in [0.1, 0.15) is 19.3 Å². The van der Waals surface area contributed by atoms with Gasteiger partial charge in [0.2, 0.25) is 0 Å². The fourth-order valence-corrected chi connectivity index (χ4v) is 3.57. The topological polar surface area (TPSA) is 0 Å². The molecule has 0 spiro atoms. The summed E-state index contributed by atoms with van der Waals surface area (Å²) >= 11 is 0. The molecule has 1 rings (SSSR count). The van der Waals surface area contributed by atoms with Crippen LogP contribution in [0.3, 0.4) is 0 Å². The van der Waals surface area contributed by atoms with Gasteiger partial charge in [0.15, 0.2) is 0 Å². The van der Waals surface area contributed by atoms with E-state index in [2.05, 4.69) is 6.55 Å². The Morgan fingerprint density at radius 3 is 1.40 bits per heavy atom. The second-order valence-corrected chi connectivity index (χ2v) is 6.11. The van der Waals surface area contributed by atoms with Crippen LogP contribution in [0.2, 0.25) is 18.6 Å². The lowest BCUT2D eigenvalue weighted by Gasteiger charge is -2.14. The van der Waals surface area contributed by atoms with Crippen molar-refractivity contribution in [3.63, 3.8) is 0 Å². The molecule has 66 valence electrons. The zero-order valence-corrected chi connectivity index (χ0v) is 12.6. The van der Waals surface area contributed by atoms with Gasteiger partial charge in [-0.15, -0.1) is 50.9 Å². The van der Waals surface area contributed by atoms with Crippen molar-refractivity contribution in [2.45, 2.75) is 37.9 Å². The van der Waals surface area contributed by atoms with Crippen molar-refractivity contribution in [3.8, 4) is 0 Å². The standard InChI is InChI=1S/C6H14Si.3BrH/c1-7-5-3-2-4-6-7;;;/h7H,2-6H2,1H3;3*1H. The molecule has 1 saturated heterocycles. The predicted molar refractivity (Wildman–Crippen MR) is 67.4 cm³/mol. The molecule has 0 aromatic heterocycles. The lowest BCUT2D eigenvalue weighted by atomic mass is 10.3. The Morgan fingerprint density at radius 1 is 0.800 bits per heavy atom. The summed E-state index contributed by atoms with van der Waals surface area (Å²) < 4.78 is 0. The highest BCUT2D eigenvalue weighted by Gasteiger charge is 2.07. The molecule has 1 heterocycles. The van der Waals surface area contributed by atoms with Gasteiger partial charge in [0.05, 0.1) is 0 Å². The fourth-order valence-electron chi connectivity index (χ4n) is 1.31. The van der Waals surface area contributed by atoms with Gasteiger partial charge in [0.1, 0.15) is 0 Å². The first-order valence-electron chi connectivity index (χ1n) is 3.39. The largest absolute Gasteiger partial charge is 0.114 e. The summed E-state index contributed by atoms with van der Waals surface area (Å²) in [6.07, 6.45) is 4.62. The van der Waals surface area contributed by atoms with Gasteiger partial charge in [-0.3, -0.25) is 0 Å². The van der Waals surface area contributed by atoms with Gasteiger partial charge in [-0.05, 0) is 0 Å². The molecule has 0 bridgehead atoms. The van der Waals surface area contributed by atoms with E-state index in [-0.39, 0.29) is 59.7 Å². The molecule has 1 fully saturated rings. The maximum Gasteiger partial charge on any atom is 0.0336 e. The smallest absolute Gasteiger partial charge is 0.0336 e. The molecule has 0 amide bonds. The van der Waals surface area contributed by atoms with Gasteiger partial charge < -0.3 is 0 Å². The van der Waals surface area contributed by atoms with Crippen LogP contribution in [0.25, 0.3) is 0 Å². The third kappa shape index (κ3) is 7.76. The average molecular weight is 357 g/mol. The normalized spacial score (nSPS) is 17.7. The van der Waals surface area contributed by atoms with Crippen LogP contribution in [-0.4, -0.2) is 8.80 Å². The molecule has 0 aromatic carbocycles. The molecular formula is C6H17Br3Si. The van der Waals surface area contributed by atoms with E-state index >= 15 is 0 Å². The highest BCUT2D eigenvalue weighted by Crippen LogP contribution is 2.17. The highest BCUT2D eigenvalue weighted by molar-refractivity contribution is 8.93. The third-order valence-corrected chi connectivity index (χ3v) is 4.68. The number of halogens is 3. The summed E-state index contributed by atoms with van der Waals surface area (Å²) in [5.74, 6) is 0. The zero-order chi connectivity index (χ0) is 5.11. The van der Waals surface area contributed by atoms with Crippen LogP contribution >= 0.6 is 50.9 Å². The summed E-state index contributed by atoms with van der Waals surface area (Å²) in [6, 6.07) is 3.25. The van der Waals surface area contributed by atoms with Gasteiger partial charge in [-0.25, -0.2) is 0 Å². The Bertz CT molecular complexity index is 55.0. The zero-order valence-electron chi connectivity index (χ0n) is 6.34. The Balaban J connectivity index is -0.000000163. The molecule has 0 aromatic rings. The number of hydrogen-bond donors (Lipinski definition) is 0. The SMILES string of the molecule is Br.Br.Br.C[SiH]1CCCCC1. The minimum Gasteiger partial charge on any atom is -0.114 e. The lowest BCUT2D eigenvalue weighted by Crippen LogP contribution is -2.09. The maximum atomic E-state index is 2.50. The molecule has 10 heavy (non-hydrogen) atoms. The van der Waals surface area contributed by atoms with Crippen molar-refractivity contribution in [1.29, 1.82) is 0 Å². The van der Waals surface area contributed by atoms with Crippen LogP contribution < -0.4 is 0 Å². The van der Waals surface area contributed by atoms with Crippen LogP contribution in [0.15, 0.2) is 0 Å². The van der Waals surface area contributed by atoms with E-state index in [9.17, 15) is 0 Å². The first-order valence-corrected chi connectivity index (χ1v) is 6.18. The van der Waals surface area contributed by atoms with E-state index in [1.54, 1.807) is 24.9 Å². The minimum atomic E-state index is -0.0945. The number of hydrogen-bond acceptors (Lipinski definition) is 0. The molecule has 0 aliphatic carbocycles. The van der Waals surface area contributed by atoms with Crippen LogP contribution in [0, 0.1) is 0 Å². The lowest BCUT2D eigenvalue weighted by molar-refractivity contribution is 0.725. The van der Waals surface area contributed by atoms with Crippen molar-refractivity contribution >= 4 is 59.7 Å². The van der Waals surface area contributed by atoms with Gasteiger partial charge in [0, 0.05) is 8.80 Å². The van der Waals surface area contributed by atoms with Crippen molar-refractivity contribution in [1.82, 2.24) is 0 Å². The monoisotopic (exact) mass is 354 g/mol. The second kappa shape index (κ2) is 10.7. The van der Waals surface area contributed by atoms with Crippen molar-refractivity contribution in [2.75, 3.05) is 0 Å². The van der Waals surface area contributed by atoms with Crippen LogP contribution in [0.4, 0.5) is 0 Å². The van der Waals surface area contributed by atoms with E-state index < -0.39 is 0 Å². The van der Waals surface area contributed by atoms with Crippen LogP contribution in [0.5, 0.6) is 0 Å². The maximum absolute atomic E-state index is 2.50. The summed E-state index contributed by atoms with van der Waals surface area (Å²) in [7, 11) is -0.0945. The summed E-state index contributed by atoms with van der Waals surface area (Å²) in [5, 5.41) is 0. The first-order chi connectivity index (χ1) is 3.39. The van der Waals surface area contributed by atoms with Gasteiger partial charge >= 0.3 is 0 Å². The van der Waals surface area contributed by atoms with Crippen molar-refractivity contribution in [2.24, 2.45) is 0 Å². The molecule has 0 radical (unpaired) electrons. The Labute approximate surface area is 97.1 Å². The predicted octanol–water partition coefficient (Wildman–Crippen LogP) is 3.76. The molecule has 0 unspecified atom stereocenters. The average Bonchev–Trinajstić information content (AvgIpc) is 1.69. The number of rotatable bonds is 0. The molecule has 1 aliphatic rings. The van der Waals surface area contributed by atoms with Crippen molar-refractivity contribution < 1.29 is 0 Å². The van der Waals surface area contributed by atoms with Gasteiger partial charge in [0.25, 0.3) is 0 Å². The van der Waals surface area contributed by atoms with E-state index in [0.29, 0.717) is 0 Å². The molecule has 0 nitrogen and oxygen atoms in total. The summed E-state index contributed by atoms with van der Waals surface area (Å²) in [5.41, 5.74) is 0. The third-order valence-electron chi connectivity index (χ3n) is 1.89. The summed E-state index contributed by atoms with van der Waals surface area (Å²) in [6.45, 7) is 2.50. The Morgan fingerprint density at radius 2 is 1.20 bits per heavy atom. The highest BCUT2D eigenvalue weighted by atomic mass is 79.9. The second-order valence-electron chi connectivity index (χ2n) is 2.74. The fraction of sp³-hybridized carbons (Fsp3) is 1.00. The van der Waals surface area contributed by atoms with E-state index in [1.165, 1.54) is 6.42 Å². The minimum absolute atomic E-state index is 0. The Hall–Kier alpha value is 1.66. The van der Waals surface area contributed by atoms with Gasteiger partial charge in [-0.1, -0.05) is 37.9 Å². The summed E-state index contributed by atoms with van der Waals surface area (Å²) in [4.78, 5) is 0. The van der Waals surface area contributed by atoms with Gasteiger partial charge in [-0.2, -0.15) is 0 Å². The van der Waals surface area contributed by atoms with Crippen molar-refractivity contribution in [3.05, 3.63) is 0 Å². The van der Waals surface area contributed by atoms with E-state index in [0.717, 1.165) is 0 Å². The Kier molecular flexibility index (Phi) is 18.8. The molecular weight excluding hydrogens is 340 g/mol. The molecule has 4 heteroatoms. The van der Waals surface area contributed by atoms with E-state index in [4.69, 9.17) is 0 Å². The molecule has 0 saturated carbocycles. The first kappa shape index (κ1) is 17.7. The van der Waals surface area contributed by atoms with Crippen LogP contribution in [-0.2, 0) is 0 Å². The molecule has 1 aliphatic heterocycles. The molecule has 0 N–H and O–H groups in total. The molecule has 0 atom stereocenters. The van der Waals surface area contributed by atoms with E-state index in [1.807, 2.05) is 0 Å².